The van der Waals surface area contributed by atoms with Gasteiger partial charge in [-0.05, 0) is 6.07 Å². The van der Waals surface area contributed by atoms with Crippen molar-refractivity contribution < 1.29 is 84.2 Å². The van der Waals surface area contributed by atoms with Gasteiger partial charge >= 0.3 is 24.5 Å². The van der Waals surface area contributed by atoms with Crippen LogP contribution in [0.3, 0.4) is 0 Å². The lowest BCUT2D eigenvalue weighted by Crippen LogP contribution is -2.80. The lowest BCUT2D eigenvalue weighted by molar-refractivity contribution is -0.695. The molecule has 0 spiro atoms. The number of aromatic nitrogens is 2. The van der Waals surface area contributed by atoms with Crippen LogP contribution in [0.4, 0.5) is 39.5 Å². The Hall–Kier alpha value is -5.29. The van der Waals surface area contributed by atoms with E-state index in [1.165, 1.54) is 0 Å². The summed E-state index contributed by atoms with van der Waals surface area (Å²) in [6.45, 7) is 1.41. The van der Waals surface area contributed by atoms with E-state index in [-0.39, 0.29) is 5.96 Å². The fraction of sp³-hybridized carbons (Fsp3) is 0.300. The fourth-order valence-electron chi connectivity index (χ4n) is 2.48. The fourth-order valence-corrected chi connectivity index (χ4v) is 2.48. The van der Waals surface area contributed by atoms with E-state index < -0.39 is 36.4 Å². The molecule has 2 aromatic rings. The lowest BCUT2D eigenvalue weighted by Gasteiger charge is -2.05. The van der Waals surface area contributed by atoms with Crippen LogP contribution in [-0.4, -0.2) is 59.8 Å². The van der Waals surface area contributed by atoms with E-state index in [0.29, 0.717) is 6.54 Å². The van der Waals surface area contributed by atoms with Crippen molar-refractivity contribution in [2.45, 2.75) is 31.5 Å². The van der Waals surface area contributed by atoms with Crippen LogP contribution in [-0.2, 0) is 27.3 Å². The predicted molar refractivity (Wildman–Crippen MR) is 116 cm³/mol. The number of guanidine groups is 1. The van der Waals surface area contributed by atoms with Crippen LogP contribution in [0.5, 0.6) is 0 Å². The zero-order valence-electron chi connectivity index (χ0n) is 21.5. The molecule has 24 heteroatoms. The van der Waals surface area contributed by atoms with Gasteiger partial charge in [0.2, 0.25) is 6.33 Å². The van der Waals surface area contributed by atoms with Crippen molar-refractivity contribution in [3.8, 4) is 0 Å². The van der Waals surface area contributed by atoms with Crippen molar-refractivity contribution >= 4 is 29.7 Å². The molecule has 15 nitrogen and oxygen atoms in total. The summed E-state index contributed by atoms with van der Waals surface area (Å²) in [4.78, 5) is 32.4. The van der Waals surface area contributed by atoms with Crippen LogP contribution in [0.1, 0.15) is 16.8 Å². The van der Waals surface area contributed by atoms with E-state index in [1.807, 2.05) is 30.7 Å². The van der Waals surface area contributed by atoms with Gasteiger partial charge < -0.3 is 29.7 Å². The highest BCUT2D eigenvalue weighted by Gasteiger charge is 2.30. The first-order valence-electron chi connectivity index (χ1n) is 11.0. The molecule has 0 aliphatic carbocycles. The van der Waals surface area contributed by atoms with Crippen LogP contribution in [0.2, 0.25) is 0 Å². The smallest absolute Gasteiger partial charge is 0.430 e. The molecule has 1 aromatic carbocycles. The summed E-state index contributed by atoms with van der Waals surface area (Å²) in [6.07, 6.45) is -10.9. The molecule has 1 aromatic heterocycles. The summed E-state index contributed by atoms with van der Waals surface area (Å²) in [5.74, 6) is -8.00. The number of nitrogens with one attached hydrogen (secondary N) is 2. The van der Waals surface area contributed by atoms with E-state index in [1.54, 1.807) is 5.43 Å². The Balaban J connectivity index is 0.000000721. The second-order valence-corrected chi connectivity index (χ2v) is 7.52. The van der Waals surface area contributed by atoms with E-state index in [4.69, 9.17) is 41.2 Å². The van der Waals surface area contributed by atoms with Crippen molar-refractivity contribution in [3.05, 3.63) is 53.6 Å². The number of imidazole rings is 1. The summed E-state index contributed by atoms with van der Waals surface area (Å²) in [5, 5.41) is 37.9. The number of rotatable bonds is 6. The second kappa shape index (κ2) is 17.0. The number of carbonyl (C=O) groups is 3. The summed E-state index contributed by atoms with van der Waals surface area (Å²) in [5.41, 5.74) is 15.8. The van der Waals surface area contributed by atoms with Crippen molar-refractivity contribution in [1.29, 1.82) is 0 Å². The van der Waals surface area contributed by atoms with Gasteiger partial charge in [-0.15, -0.1) is 5.43 Å². The maximum absolute atomic E-state index is 10.5. The van der Waals surface area contributed by atoms with E-state index in [2.05, 4.69) is 36.2 Å². The Kier molecular flexibility index (Phi) is 14.9. The average Bonchev–Trinajstić information content (AvgIpc) is 3.56. The average molecular weight is 653 g/mol. The highest BCUT2D eigenvalue weighted by molar-refractivity contribution is 5.92. The molecule has 244 valence electrons. The van der Waals surface area contributed by atoms with Crippen LogP contribution in [0, 0.1) is 0 Å². The van der Waals surface area contributed by atoms with Gasteiger partial charge in [0, 0.05) is 17.2 Å². The third kappa shape index (κ3) is 15.6. The Morgan fingerprint density at radius 2 is 1.36 bits per heavy atom. The standard InChI is InChI=1S/C14H17N9.3C2HF3O2/c15-14(16)18-6-5-11-7-17-9-23(11)8-10-3-1-2-4-12(10)13-19-21-22-20-13;3*3-2(4,5)1(6)7/h1-4,7,9H,5-6,8H2,(H5,15,16,18,19,20,21,22);3*(H,6,7). The first kappa shape index (κ1) is 38.7. The topological polar surface area (TPSA) is 260 Å². The third-order valence-corrected chi connectivity index (χ3v) is 4.27. The summed E-state index contributed by atoms with van der Waals surface area (Å²) in [7, 11) is 0. The number of H-pyrrole nitrogens is 1. The number of carboxylic acids is 3. The molecule has 0 fully saturated rings. The third-order valence-electron chi connectivity index (χ3n) is 4.27. The second-order valence-electron chi connectivity index (χ2n) is 7.52. The maximum Gasteiger partial charge on any atom is 0.430 e. The predicted octanol–water partition coefficient (Wildman–Crippen LogP) is -5.25. The molecule has 44 heavy (non-hydrogen) atoms. The van der Waals surface area contributed by atoms with Crippen molar-refractivity contribution in [2.75, 3.05) is 6.54 Å². The number of amidine groups is 1. The van der Waals surface area contributed by atoms with Crippen LogP contribution in [0.25, 0.3) is 0 Å². The van der Waals surface area contributed by atoms with Gasteiger partial charge in [-0.3, -0.25) is 16.5 Å². The van der Waals surface area contributed by atoms with Gasteiger partial charge in [-0.2, -0.15) is 39.5 Å². The number of halogens is 9. The molecule has 0 radical (unpaired) electrons. The number of carboxylic acid groups (broad SMARTS) is 3. The van der Waals surface area contributed by atoms with Gasteiger partial charge in [0.25, 0.3) is 5.84 Å². The number of quaternary nitrogens is 1. The molecule has 1 aliphatic heterocycles. The van der Waals surface area contributed by atoms with Crippen molar-refractivity contribution in [2.24, 2.45) is 27.0 Å². The minimum absolute atomic E-state index is 0.236. The van der Waals surface area contributed by atoms with E-state index >= 15 is 0 Å². The molecule has 3 rings (SSSR count). The molecule has 2 heterocycles. The number of nitrogens with zero attached hydrogens (tertiary/aromatic N) is 4. The Morgan fingerprint density at radius 1 is 0.886 bits per heavy atom. The normalized spacial score (nSPS) is 12.2. The monoisotopic (exact) mass is 653 g/mol. The van der Waals surface area contributed by atoms with Crippen molar-refractivity contribution in [3.63, 3.8) is 0 Å². The summed E-state index contributed by atoms with van der Waals surface area (Å²) < 4.78 is 96.8. The highest BCUT2D eigenvalue weighted by atomic mass is 19.4. The number of benzene rings is 1. The number of aliphatic carboxylic acids is 3. The number of hydrogen-bond acceptors (Lipinski definition) is 9. The van der Waals surface area contributed by atoms with Crippen LogP contribution < -0.4 is 41.8 Å². The number of alkyl halides is 9. The molecular formula is C20H20F9N9O6. The minimum Gasteiger partial charge on any atom is -0.542 e. The molecule has 0 atom stereocenters. The van der Waals surface area contributed by atoms with Crippen LogP contribution >= 0.6 is 0 Å². The van der Waals surface area contributed by atoms with E-state index in [9.17, 15) is 39.5 Å². The minimum atomic E-state index is -5.19. The highest BCUT2D eigenvalue weighted by Crippen LogP contribution is 2.13. The lowest BCUT2D eigenvalue weighted by atomic mass is 10.1. The van der Waals surface area contributed by atoms with Gasteiger partial charge in [-0.1, -0.05) is 23.3 Å². The van der Waals surface area contributed by atoms with E-state index in [0.717, 1.165) is 35.6 Å². The zero-order valence-corrected chi connectivity index (χ0v) is 21.5. The first-order chi connectivity index (χ1) is 20.1. The first-order valence-corrected chi connectivity index (χ1v) is 11.0. The zero-order chi connectivity index (χ0) is 34.3. The summed E-state index contributed by atoms with van der Waals surface area (Å²) in [6, 6.07) is 8.11. The molecule has 0 bridgehead atoms. The van der Waals surface area contributed by atoms with Gasteiger partial charge in [0.15, 0.2) is 0 Å². The summed E-state index contributed by atoms with van der Waals surface area (Å²) >= 11 is 0. The van der Waals surface area contributed by atoms with Gasteiger partial charge in [-0.25, -0.2) is 9.55 Å². The largest absolute Gasteiger partial charge is 0.542 e. The van der Waals surface area contributed by atoms with Crippen LogP contribution in [0.15, 0.2) is 52.3 Å². The molecule has 1 aliphatic rings. The molecule has 0 unspecified atom stereocenters. The Labute approximate surface area is 238 Å². The molecular weight excluding hydrogens is 633 g/mol. The Morgan fingerprint density at radius 3 is 1.77 bits per heavy atom. The number of hydrogen-bond donors (Lipinski definition) is 5. The van der Waals surface area contributed by atoms with Crippen molar-refractivity contribution in [1.82, 2.24) is 4.98 Å². The SMILES string of the molecule is NC(N)=[NH+]CCc1c[nH]c[n+]1Cc1ccccc1C1=NN=N[NH2+]1.O=C([O-])C(F)(F)F.O=C([O-])C(F)(F)F.O=C([O-])C(F)(F)F. The number of carbonyl (C=O) groups excluding carboxylic acids is 3. The maximum atomic E-state index is 10.5. The number of nitrogens with two attached hydrogens (primary N) is 3. The molecule has 0 saturated heterocycles. The molecule has 0 amide bonds. The van der Waals surface area contributed by atoms with Gasteiger partial charge in [0.1, 0.15) is 36.3 Å². The molecule has 8 N–H and O–H groups in total. The Bertz CT molecular complexity index is 1290. The number of aromatic amines is 1. The quantitative estimate of drug-likeness (QED) is 0.0660. The molecule has 0 saturated carbocycles. The van der Waals surface area contributed by atoms with Gasteiger partial charge in [0.05, 0.1) is 17.3 Å².